The SMILES string of the molecule is Cc1nc(-c2ccccn2)[nH]c(=O)c1CCC(=O)NC1CCc2ccccc21. The molecule has 1 aliphatic carbocycles. The second-order valence-electron chi connectivity index (χ2n) is 7.05. The molecule has 0 radical (unpaired) electrons. The number of pyridine rings is 1. The van der Waals surface area contributed by atoms with Crippen LogP contribution in [0.15, 0.2) is 53.5 Å². The molecule has 1 unspecified atom stereocenters. The summed E-state index contributed by atoms with van der Waals surface area (Å²) in [7, 11) is 0. The molecule has 1 atom stereocenters. The van der Waals surface area contributed by atoms with Gasteiger partial charge in [-0.15, -0.1) is 0 Å². The van der Waals surface area contributed by atoms with Crippen molar-refractivity contribution in [3.05, 3.63) is 81.4 Å². The van der Waals surface area contributed by atoms with Gasteiger partial charge in [0.05, 0.1) is 6.04 Å². The molecule has 0 saturated carbocycles. The normalized spacial score (nSPS) is 15.2. The maximum absolute atomic E-state index is 12.5. The molecular formula is C22H22N4O2. The van der Waals surface area contributed by atoms with E-state index in [0.717, 1.165) is 12.8 Å². The standard InChI is InChI=1S/C22H22N4O2/c1-14-16(22(28)26-21(24-14)19-8-4-5-13-23-19)10-12-20(27)25-18-11-9-15-6-2-3-7-17(15)18/h2-8,13,18H,9-12H2,1H3,(H,25,27)(H,24,26,28). The van der Waals surface area contributed by atoms with Crippen molar-refractivity contribution in [3.63, 3.8) is 0 Å². The second kappa shape index (κ2) is 7.76. The zero-order chi connectivity index (χ0) is 19.5. The molecule has 6 heteroatoms. The summed E-state index contributed by atoms with van der Waals surface area (Å²) in [6.07, 6.45) is 4.18. The van der Waals surface area contributed by atoms with Crippen LogP contribution in [0.5, 0.6) is 0 Å². The van der Waals surface area contributed by atoms with Crippen molar-refractivity contribution in [3.8, 4) is 11.5 Å². The Morgan fingerprint density at radius 3 is 2.82 bits per heavy atom. The van der Waals surface area contributed by atoms with E-state index in [9.17, 15) is 9.59 Å². The first kappa shape index (κ1) is 18.1. The third-order valence-corrected chi connectivity index (χ3v) is 5.20. The molecule has 0 saturated heterocycles. The number of nitrogens with zero attached hydrogens (tertiary/aromatic N) is 2. The summed E-state index contributed by atoms with van der Waals surface area (Å²) in [5.41, 5.74) is 4.07. The molecular weight excluding hydrogens is 352 g/mol. The topological polar surface area (TPSA) is 87.7 Å². The van der Waals surface area contributed by atoms with Gasteiger partial charge >= 0.3 is 0 Å². The molecule has 142 valence electrons. The number of carbonyl (C=O) groups is 1. The average molecular weight is 374 g/mol. The Bertz CT molecular complexity index is 1060. The summed E-state index contributed by atoms with van der Waals surface area (Å²) in [5, 5.41) is 3.10. The van der Waals surface area contributed by atoms with Gasteiger partial charge in [0.15, 0.2) is 5.82 Å². The van der Waals surface area contributed by atoms with E-state index in [1.54, 1.807) is 19.2 Å². The van der Waals surface area contributed by atoms with E-state index >= 15 is 0 Å². The molecule has 2 aromatic heterocycles. The lowest BCUT2D eigenvalue weighted by Gasteiger charge is -2.14. The molecule has 28 heavy (non-hydrogen) atoms. The Hall–Kier alpha value is -3.28. The van der Waals surface area contributed by atoms with Gasteiger partial charge in [-0.25, -0.2) is 4.98 Å². The highest BCUT2D eigenvalue weighted by Gasteiger charge is 2.23. The van der Waals surface area contributed by atoms with Gasteiger partial charge in [-0.3, -0.25) is 14.6 Å². The molecule has 2 heterocycles. The van der Waals surface area contributed by atoms with Crippen LogP contribution in [-0.4, -0.2) is 20.9 Å². The molecule has 0 bridgehead atoms. The van der Waals surface area contributed by atoms with Gasteiger partial charge in [-0.05, 0) is 49.4 Å². The highest BCUT2D eigenvalue weighted by Crippen LogP contribution is 2.30. The number of hydrogen-bond donors (Lipinski definition) is 2. The first-order valence-electron chi connectivity index (χ1n) is 9.50. The van der Waals surface area contributed by atoms with Crippen molar-refractivity contribution in [1.29, 1.82) is 0 Å². The minimum atomic E-state index is -0.216. The average Bonchev–Trinajstić information content (AvgIpc) is 3.11. The van der Waals surface area contributed by atoms with Crippen LogP contribution in [0.4, 0.5) is 0 Å². The molecule has 0 spiro atoms. The first-order chi connectivity index (χ1) is 13.6. The summed E-state index contributed by atoms with van der Waals surface area (Å²) in [6, 6.07) is 13.7. The molecule has 2 N–H and O–H groups in total. The lowest BCUT2D eigenvalue weighted by Crippen LogP contribution is -2.28. The number of rotatable bonds is 5. The Labute approximate surface area is 163 Å². The van der Waals surface area contributed by atoms with E-state index in [0.29, 0.717) is 29.2 Å². The summed E-state index contributed by atoms with van der Waals surface area (Å²) in [6.45, 7) is 1.79. The van der Waals surface area contributed by atoms with Gasteiger partial charge in [0.25, 0.3) is 5.56 Å². The van der Waals surface area contributed by atoms with Gasteiger partial charge in [0.2, 0.25) is 5.91 Å². The van der Waals surface area contributed by atoms with E-state index in [2.05, 4.69) is 32.4 Å². The van der Waals surface area contributed by atoms with E-state index < -0.39 is 0 Å². The summed E-state index contributed by atoms with van der Waals surface area (Å²) < 4.78 is 0. The lowest BCUT2D eigenvalue weighted by atomic mass is 10.1. The smallest absolute Gasteiger partial charge is 0.254 e. The molecule has 3 aromatic rings. The maximum atomic E-state index is 12.5. The fourth-order valence-electron chi connectivity index (χ4n) is 3.74. The summed E-state index contributed by atoms with van der Waals surface area (Å²) in [4.78, 5) is 36.4. The van der Waals surface area contributed by atoms with Gasteiger partial charge < -0.3 is 10.3 Å². The number of amides is 1. The predicted molar refractivity (Wildman–Crippen MR) is 107 cm³/mol. The van der Waals surface area contributed by atoms with Crippen molar-refractivity contribution >= 4 is 5.91 Å². The van der Waals surface area contributed by atoms with Crippen molar-refractivity contribution in [2.75, 3.05) is 0 Å². The van der Waals surface area contributed by atoms with Crippen LogP contribution in [0.1, 0.15) is 41.3 Å². The Kier molecular flexibility index (Phi) is 5.02. The third-order valence-electron chi connectivity index (χ3n) is 5.20. The van der Waals surface area contributed by atoms with Crippen LogP contribution in [0.25, 0.3) is 11.5 Å². The number of aromatic amines is 1. The van der Waals surface area contributed by atoms with Crippen molar-refractivity contribution in [1.82, 2.24) is 20.3 Å². The van der Waals surface area contributed by atoms with Gasteiger partial charge in [0, 0.05) is 23.9 Å². The lowest BCUT2D eigenvalue weighted by molar-refractivity contribution is -0.121. The number of fused-ring (bicyclic) bond motifs is 1. The van der Waals surface area contributed by atoms with Crippen LogP contribution in [-0.2, 0) is 17.6 Å². The fourth-order valence-corrected chi connectivity index (χ4v) is 3.74. The molecule has 0 fully saturated rings. The van der Waals surface area contributed by atoms with Crippen molar-refractivity contribution < 1.29 is 4.79 Å². The van der Waals surface area contributed by atoms with Crippen molar-refractivity contribution in [2.45, 2.75) is 38.6 Å². The molecule has 0 aliphatic heterocycles. The molecule has 1 aliphatic rings. The summed E-state index contributed by atoms with van der Waals surface area (Å²) in [5.74, 6) is 0.396. The Morgan fingerprint density at radius 1 is 1.21 bits per heavy atom. The Balaban J connectivity index is 1.42. The van der Waals surface area contributed by atoms with Crippen LogP contribution < -0.4 is 10.9 Å². The van der Waals surface area contributed by atoms with Gasteiger partial charge in [-0.2, -0.15) is 0 Å². The number of carbonyl (C=O) groups excluding carboxylic acids is 1. The van der Waals surface area contributed by atoms with Gasteiger partial charge in [0.1, 0.15) is 5.69 Å². The number of hydrogen-bond acceptors (Lipinski definition) is 4. The minimum Gasteiger partial charge on any atom is -0.349 e. The van der Waals surface area contributed by atoms with Gasteiger partial charge in [-0.1, -0.05) is 30.3 Å². The van der Waals surface area contributed by atoms with E-state index in [4.69, 9.17) is 0 Å². The van der Waals surface area contributed by atoms with Crippen LogP contribution in [0.3, 0.4) is 0 Å². The van der Waals surface area contributed by atoms with E-state index in [-0.39, 0.29) is 23.9 Å². The highest BCUT2D eigenvalue weighted by molar-refractivity contribution is 5.77. The third kappa shape index (κ3) is 3.71. The quantitative estimate of drug-likeness (QED) is 0.719. The first-order valence-corrected chi connectivity index (χ1v) is 9.50. The van der Waals surface area contributed by atoms with E-state index in [1.807, 2.05) is 24.3 Å². The zero-order valence-corrected chi connectivity index (χ0v) is 15.7. The largest absolute Gasteiger partial charge is 0.349 e. The number of aromatic nitrogens is 3. The highest BCUT2D eigenvalue weighted by atomic mass is 16.1. The number of nitrogens with one attached hydrogen (secondary N) is 2. The second-order valence-corrected chi connectivity index (χ2v) is 7.05. The Morgan fingerprint density at radius 2 is 2.04 bits per heavy atom. The zero-order valence-electron chi connectivity index (χ0n) is 15.7. The summed E-state index contributed by atoms with van der Waals surface area (Å²) >= 11 is 0. The molecule has 1 amide bonds. The molecule has 4 rings (SSSR count). The fraction of sp³-hybridized carbons (Fsp3) is 0.273. The van der Waals surface area contributed by atoms with E-state index in [1.165, 1.54) is 11.1 Å². The predicted octanol–water partition coefficient (Wildman–Crippen LogP) is 2.88. The number of aryl methyl sites for hydroxylation is 2. The van der Waals surface area contributed by atoms with Crippen LogP contribution in [0.2, 0.25) is 0 Å². The number of benzene rings is 1. The van der Waals surface area contributed by atoms with Crippen LogP contribution >= 0.6 is 0 Å². The number of H-pyrrole nitrogens is 1. The minimum absolute atomic E-state index is 0.0469. The van der Waals surface area contributed by atoms with Crippen LogP contribution in [0, 0.1) is 6.92 Å². The molecule has 6 nitrogen and oxygen atoms in total. The monoisotopic (exact) mass is 374 g/mol. The molecule has 1 aromatic carbocycles. The maximum Gasteiger partial charge on any atom is 0.254 e. The van der Waals surface area contributed by atoms with Crippen molar-refractivity contribution in [2.24, 2.45) is 0 Å².